The van der Waals surface area contributed by atoms with Crippen molar-refractivity contribution in [2.45, 2.75) is 6.04 Å². The minimum atomic E-state index is -0.332. The van der Waals surface area contributed by atoms with Crippen molar-refractivity contribution in [3.63, 3.8) is 0 Å². The lowest BCUT2D eigenvalue weighted by atomic mass is 10.1. The van der Waals surface area contributed by atoms with Crippen LogP contribution >= 0.6 is 0 Å². The number of aryl methyl sites for hydroxylation is 1. The van der Waals surface area contributed by atoms with E-state index >= 15 is 0 Å². The van der Waals surface area contributed by atoms with Crippen LogP contribution in [0.4, 0.5) is 0 Å². The summed E-state index contributed by atoms with van der Waals surface area (Å²) in [4.78, 5) is 12.4. The molecule has 1 aromatic heterocycles. The van der Waals surface area contributed by atoms with Crippen LogP contribution in [0.25, 0.3) is 0 Å². The van der Waals surface area contributed by atoms with Crippen LogP contribution in [0.2, 0.25) is 0 Å². The van der Waals surface area contributed by atoms with Gasteiger partial charge in [-0.15, -0.1) is 0 Å². The van der Waals surface area contributed by atoms with Crippen molar-refractivity contribution >= 4 is 5.91 Å². The van der Waals surface area contributed by atoms with E-state index in [1.807, 2.05) is 12.1 Å². The summed E-state index contributed by atoms with van der Waals surface area (Å²) < 4.78 is 6.84. The minimum Gasteiger partial charge on any atom is -0.382 e. The summed E-state index contributed by atoms with van der Waals surface area (Å²) in [5.41, 5.74) is 1.53. The number of ether oxygens (including phenoxy) is 1. The highest BCUT2D eigenvalue weighted by Gasteiger charge is 2.19. The van der Waals surface area contributed by atoms with Crippen molar-refractivity contribution in [2.24, 2.45) is 7.05 Å². The molecule has 1 N–H and O–H groups in total. The molecule has 6 nitrogen and oxygen atoms in total. The first-order valence-corrected chi connectivity index (χ1v) is 6.44. The Morgan fingerprint density at radius 2 is 2.24 bits per heavy atom. The number of carbonyl (C=O) groups excluding carboxylic acids is 1. The molecule has 0 spiro atoms. The lowest BCUT2D eigenvalue weighted by Gasteiger charge is -2.18. The summed E-state index contributed by atoms with van der Waals surface area (Å²) in [6.07, 6.45) is 1.66. The summed E-state index contributed by atoms with van der Waals surface area (Å²) in [7, 11) is 3.37. The number of nitriles is 1. The van der Waals surface area contributed by atoms with Gasteiger partial charge in [-0.25, -0.2) is 0 Å². The van der Waals surface area contributed by atoms with Gasteiger partial charge in [0.1, 0.15) is 0 Å². The van der Waals surface area contributed by atoms with Gasteiger partial charge in [-0.1, -0.05) is 12.1 Å². The molecule has 108 valence electrons. The van der Waals surface area contributed by atoms with Crippen molar-refractivity contribution in [3.05, 3.63) is 53.3 Å². The number of rotatable bonds is 5. The van der Waals surface area contributed by atoms with Gasteiger partial charge in [0.15, 0.2) is 0 Å². The Morgan fingerprint density at radius 1 is 1.48 bits per heavy atom. The molecule has 2 rings (SSSR count). The highest BCUT2D eigenvalue weighted by molar-refractivity contribution is 5.96. The zero-order valence-electron chi connectivity index (χ0n) is 11.9. The quantitative estimate of drug-likeness (QED) is 0.900. The first-order chi connectivity index (χ1) is 10.2. The van der Waals surface area contributed by atoms with Gasteiger partial charge in [0, 0.05) is 20.4 Å². The molecule has 1 aromatic carbocycles. The number of carbonyl (C=O) groups is 1. The Labute approximate surface area is 123 Å². The summed E-state index contributed by atoms with van der Waals surface area (Å²) in [5, 5.41) is 16.0. The maximum absolute atomic E-state index is 12.4. The third-order valence-electron chi connectivity index (χ3n) is 3.15. The molecular weight excluding hydrogens is 268 g/mol. The molecule has 2 aromatic rings. The fourth-order valence-corrected chi connectivity index (χ4v) is 2.11. The van der Waals surface area contributed by atoms with Gasteiger partial charge in [-0.3, -0.25) is 9.48 Å². The van der Waals surface area contributed by atoms with Gasteiger partial charge < -0.3 is 10.1 Å². The van der Waals surface area contributed by atoms with Crippen molar-refractivity contribution in [2.75, 3.05) is 13.7 Å². The first-order valence-electron chi connectivity index (χ1n) is 6.44. The summed E-state index contributed by atoms with van der Waals surface area (Å²) in [6.45, 7) is 0.319. The molecule has 6 heteroatoms. The minimum absolute atomic E-state index is 0.310. The smallest absolute Gasteiger partial charge is 0.253 e. The number of hydrogen-bond donors (Lipinski definition) is 1. The number of nitrogens with one attached hydrogen (secondary N) is 1. The van der Waals surface area contributed by atoms with Gasteiger partial charge in [-0.05, 0) is 18.2 Å². The van der Waals surface area contributed by atoms with Crippen LogP contribution in [-0.4, -0.2) is 29.4 Å². The topological polar surface area (TPSA) is 79.9 Å². The Kier molecular flexibility index (Phi) is 4.69. The molecule has 0 unspecified atom stereocenters. The van der Waals surface area contributed by atoms with Crippen molar-refractivity contribution < 1.29 is 9.53 Å². The molecule has 1 amide bonds. The summed E-state index contributed by atoms with van der Waals surface area (Å²) >= 11 is 0. The van der Waals surface area contributed by atoms with Crippen molar-refractivity contribution in [3.8, 4) is 6.07 Å². The van der Waals surface area contributed by atoms with E-state index in [1.165, 1.54) is 0 Å². The van der Waals surface area contributed by atoms with Crippen LogP contribution in [0.5, 0.6) is 0 Å². The van der Waals surface area contributed by atoms with Gasteiger partial charge in [-0.2, -0.15) is 10.4 Å². The second kappa shape index (κ2) is 6.68. The number of benzene rings is 1. The number of hydrogen-bond acceptors (Lipinski definition) is 4. The molecule has 0 aliphatic rings. The number of amides is 1. The van der Waals surface area contributed by atoms with Crippen LogP contribution in [0.15, 0.2) is 36.5 Å². The Balaban J connectivity index is 2.23. The predicted octanol–water partition coefficient (Wildman–Crippen LogP) is 1.41. The van der Waals surface area contributed by atoms with Crippen LogP contribution in [0, 0.1) is 11.3 Å². The Bertz CT molecular complexity index is 672. The molecule has 0 aliphatic carbocycles. The monoisotopic (exact) mass is 284 g/mol. The standard InChI is InChI=1S/C15H16N4O2/c1-19-14(7-8-17-19)13(10-21-2)18-15(20)12-6-4-3-5-11(12)9-16/h3-8,13H,10H2,1-2H3,(H,18,20)/t13-/m1/s1. The van der Waals surface area contributed by atoms with Crippen molar-refractivity contribution in [1.82, 2.24) is 15.1 Å². The Hall–Kier alpha value is -2.65. The molecule has 0 saturated heterocycles. The van der Waals surface area contributed by atoms with E-state index in [1.54, 1.807) is 49.3 Å². The molecule has 0 fully saturated rings. The van der Waals surface area contributed by atoms with Gasteiger partial charge in [0.25, 0.3) is 5.91 Å². The molecule has 0 bridgehead atoms. The van der Waals surface area contributed by atoms with Crippen LogP contribution in [-0.2, 0) is 11.8 Å². The molecule has 0 radical (unpaired) electrons. The fraction of sp³-hybridized carbons (Fsp3) is 0.267. The van der Waals surface area contributed by atoms with Gasteiger partial charge in [0.05, 0.1) is 35.5 Å². The third kappa shape index (κ3) is 3.27. The number of nitrogens with zero attached hydrogens (tertiary/aromatic N) is 3. The van der Waals surface area contributed by atoms with Crippen LogP contribution < -0.4 is 5.32 Å². The SMILES string of the molecule is COC[C@@H](NC(=O)c1ccccc1C#N)c1ccnn1C. The highest BCUT2D eigenvalue weighted by atomic mass is 16.5. The van der Waals surface area contributed by atoms with E-state index in [9.17, 15) is 4.79 Å². The zero-order chi connectivity index (χ0) is 15.2. The number of aromatic nitrogens is 2. The molecule has 0 aliphatic heterocycles. The molecule has 1 atom stereocenters. The van der Waals surface area contributed by atoms with E-state index in [2.05, 4.69) is 10.4 Å². The molecule has 21 heavy (non-hydrogen) atoms. The van der Waals surface area contributed by atoms with Crippen molar-refractivity contribution in [1.29, 1.82) is 5.26 Å². The summed E-state index contributed by atoms with van der Waals surface area (Å²) in [6, 6.07) is 10.2. The average molecular weight is 284 g/mol. The highest BCUT2D eigenvalue weighted by Crippen LogP contribution is 2.14. The van der Waals surface area contributed by atoms with Crippen LogP contribution in [0.3, 0.4) is 0 Å². The van der Waals surface area contributed by atoms with Gasteiger partial charge >= 0.3 is 0 Å². The zero-order valence-corrected chi connectivity index (χ0v) is 11.9. The molecular formula is C15H16N4O2. The molecule has 1 heterocycles. The molecule has 0 saturated carbocycles. The Morgan fingerprint density at radius 3 is 2.86 bits per heavy atom. The average Bonchev–Trinajstić information content (AvgIpc) is 2.92. The van der Waals surface area contributed by atoms with E-state index in [0.717, 1.165) is 5.69 Å². The van der Waals surface area contributed by atoms with Gasteiger partial charge in [0.2, 0.25) is 0 Å². The van der Waals surface area contributed by atoms with E-state index in [0.29, 0.717) is 17.7 Å². The second-order valence-electron chi connectivity index (χ2n) is 4.52. The largest absolute Gasteiger partial charge is 0.382 e. The third-order valence-corrected chi connectivity index (χ3v) is 3.15. The van der Waals surface area contributed by atoms with E-state index in [4.69, 9.17) is 10.00 Å². The second-order valence-corrected chi connectivity index (χ2v) is 4.52. The normalized spacial score (nSPS) is 11.7. The van der Waals surface area contributed by atoms with Crippen LogP contribution in [0.1, 0.15) is 27.7 Å². The number of methoxy groups -OCH3 is 1. The maximum atomic E-state index is 12.4. The summed E-state index contributed by atoms with van der Waals surface area (Å²) in [5.74, 6) is -0.310. The van der Waals surface area contributed by atoms with E-state index < -0.39 is 0 Å². The van der Waals surface area contributed by atoms with E-state index in [-0.39, 0.29) is 11.9 Å². The lowest BCUT2D eigenvalue weighted by Crippen LogP contribution is -2.33. The lowest BCUT2D eigenvalue weighted by molar-refractivity contribution is 0.0892. The predicted molar refractivity (Wildman–Crippen MR) is 76.4 cm³/mol. The fourth-order valence-electron chi connectivity index (χ4n) is 2.11. The maximum Gasteiger partial charge on any atom is 0.253 e. The first kappa shape index (κ1) is 14.8.